The summed E-state index contributed by atoms with van der Waals surface area (Å²) in [6, 6.07) is 4.74. The molecule has 0 amide bonds. The smallest absolute Gasteiger partial charge is 0.214 e. The van der Waals surface area contributed by atoms with E-state index in [-0.39, 0.29) is 17.3 Å². The number of imidazole rings is 1. The van der Waals surface area contributed by atoms with Gasteiger partial charge >= 0.3 is 0 Å². The molecule has 0 aliphatic carbocycles. The molecular formula is C12H11FN4O. The molecule has 5 nitrogen and oxygen atoms in total. The molecule has 0 bridgehead atoms. The molecule has 3 aromatic rings. The predicted octanol–water partition coefficient (Wildman–Crippen LogP) is 2.10. The summed E-state index contributed by atoms with van der Waals surface area (Å²) in [6.45, 7) is 2.14. The Kier molecular flexibility index (Phi) is 2.29. The zero-order valence-electron chi connectivity index (χ0n) is 9.72. The molecule has 2 N–H and O–H groups in total. The van der Waals surface area contributed by atoms with E-state index in [4.69, 9.17) is 10.2 Å². The summed E-state index contributed by atoms with van der Waals surface area (Å²) in [7, 11) is 0. The lowest BCUT2D eigenvalue weighted by Crippen LogP contribution is -2.04. The van der Waals surface area contributed by atoms with Crippen molar-refractivity contribution >= 4 is 17.0 Å². The van der Waals surface area contributed by atoms with Gasteiger partial charge in [0.05, 0.1) is 11.7 Å². The number of nitrogens with two attached hydrogens (primary N) is 1. The Morgan fingerprint density at radius 3 is 3.00 bits per heavy atom. The summed E-state index contributed by atoms with van der Waals surface area (Å²) >= 11 is 0. The second-order valence-electron chi connectivity index (χ2n) is 4.03. The number of nitrogen functional groups attached to an aromatic ring is 1. The van der Waals surface area contributed by atoms with Crippen LogP contribution in [-0.4, -0.2) is 14.5 Å². The van der Waals surface area contributed by atoms with Crippen LogP contribution < -0.4 is 5.73 Å². The zero-order chi connectivity index (χ0) is 12.7. The van der Waals surface area contributed by atoms with Crippen LogP contribution in [0.15, 0.2) is 28.8 Å². The van der Waals surface area contributed by atoms with Crippen molar-refractivity contribution in [1.82, 2.24) is 14.5 Å². The van der Waals surface area contributed by atoms with Crippen molar-refractivity contribution < 1.29 is 8.81 Å². The summed E-state index contributed by atoms with van der Waals surface area (Å²) in [4.78, 5) is 8.11. The van der Waals surface area contributed by atoms with Gasteiger partial charge < -0.3 is 14.7 Å². The normalized spacial score (nSPS) is 11.2. The molecule has 0 saturated carbocycles. The molecule has 18 heavy (non-hydrogen) atoms. The number of aryl methyl sites for hydroxylation is 1. The number of aromatic nitrogens is 3. The summed E-state index contributed by atoms with van der Waals surface area (Å²) in [5.74, 6) is 1.09. The Balaban J connectivity index is 2.11. The summed E-state index contributed by atoms with van der Waals surface area (Å²) < 4.78 is 20.6. The van der Waals surface area contributed by atoms with Crippen LogP contribution in [0.2, 0.25) is 0 Å². The van der Waals surface area contributed by atoms with Gasteiger partial charge in [-0.1, -0.05) is 6.07 Å². The number of benzene rings is 1. The largest absolute Gasteiger partial charge is 0.444 e. The number of hydrogen-bond acceptors (Lipinski definition) is 4. The molecule has 0 saturated heterocycles. The second-order valence-corrected chi connectivity index (χ2v) is 4.03. The van der Waals surface area contributed by atoms with Crippen molar-refractivity contribution in [3.63, 3.8) is 0 Å². The van der Waals surface area contributed by atoms with E-state index in [1.807, 2.05) is 6.92 Å². The number of hydrogen-bond donors (Lipinski definition) is 1. The van der Waals surface area contributed by atoms with Crippen molar-refractivity contribution in [3.05, 3.63) is 41.9 Å². The van der Waals surface area contributed by atoms with Gasteiger partial charge in [0.25, 0.3) is 0 Å². The molecule has 0 aliphatic rings. The molecule has 0 unspecified atom stereocenters. The predicted molar refractivity (Wildman–Crippen MR) is 64.4 cm³/mol. The van der Waals surface area contributed by atoms with E-state index in [0.717, 1.165) is 5.76 Å². The highest BCUT2D eigenvalue weighted by Gasteiger charge is 2.13. The molecule has 0 radical (unpaired) electrons. The molecule has 3 rings (SSSR count). The first-order valence-corrected chi connectivity index (χ1v) is 5.46. The molecule has 0 atom stereocenters. The van der Waals surface area contributed by atoms with Crippen LogP contribution in [0, 0.1) is 12.7 Å². The zero-order valence-corrected chi connectivity index (χ0v) is 9.72. The van der Waals surface area contributed by atoms with Gasteiger partial charge in [0.15, 0.2) is 5.82 Å². The summed E-state index contributed by atoms with van der Waals surface area (Å²) in [5, 5.41) is 0. The molecule has 2 heterocycles. The molecule has 92 valence electrons. The van der Waals surface area contributed by atoms with Crippen LogP contribution in [0.3, 0.4) is 0 Å². The Labute approximate surface area is 102 Å². The standard InChI is InChI=1S/C12H11FN4O/c1-7-5-15-10(18-7)6-17-9-4-2-3-8(13)11(9)16-12(17)14/h2-5H,6H2,1H3,(H2,14,16). The highest BCUT2D eigenvalue weighted by molar-refractivity contribution is 5.78. The third-order valence-electron chi connectivity index (χ3n) is 2.72. The maximum Gasteiger partial charge on any atom is 0.214 e. The molecule has 0 spiro atoms. The van der Waals surface area contributed by atoms with Crippen molar-refractivity contribution in [2.75, 3.05) is 5.73 Å². The van der Waals surface area contributed by atoms with Crippen LogP contribution >= 0.6 is 0 Å². The number of nitrogens with zero attached hydrogens (tertiary/aromatic N) is 3. The number of anilines is 1. The monoisotopic (exact) mass is 246 g/mol. The topological polar surface area (TPSA) is 69.9 Å². The number of halogens is 1. The highest BCUT2D eigenvalue weighted by Crippen LogP contribution is 2.21. The maximum absolute atomic E-state index is 13.6. The SMILES string of the molecule is Cc1cnc(Cn2c(N)nc3c(F)cccc32)o1. The lowest BCUT2D eigenvalue weighted by atomic mass is 10.3. The molecule has 0 aliphatic heterocycles. The van der Waals surface area contributed by atoms with Crippen LogP contribution in [0.1, 0.15) is 11.7 Å². The van der Waals surface area contributed by atoms with E-state index >= 15 is 0 Å². The van der Waals surface area contributed by atoms with E-state index in [2.05, 4.69) is 9.97 Å². The number of rotatable bonds is 2. The minimum atomic E-state index is -0.387. The van der Waals surface area contributed by atoms with Gasteiger partial charge in [0.2, 0.25) is 11.8 Å². The Hall–Kier alpha value is -2.37. The fraction of sp³-hybridized carbons (Fsp3) is 0.167. The average molecular weight is 246 g/mol. The molecule has 2 aromatic heterocycles. The van der Waals surface area contributed by atoms with Gasteiger partial charge in [-0.25, -0.2) is 14.4 Å². The lowest BCUT2D eigenvalue weighted by molar-refractivity contribution is 0.461. The Morgan fingerprint density at radius 2 is 2.28 bits per heavy atom. The minimum absolute atomic E-state index is 0.242. The van der Waals surface area contributed by atoms with Crippen molar-refractivity contribution in [1.29, 1.82) is 0 Å². The van der Waals surface area contributed by atoms with Crippen LogP contribution in [-0.2, 0) is 6.54 Å². The van der Waals surface area contributed by atoms with Gasteiger partial charge in [0, 0.05) is 0 Å². The number of para-hydroxylation sites is 1. The van der Waals surface area contributed by atoms with Crippen LogP contribution in [0.4, 0.5) is 10.3 Å². The third-order valence-corrected chi connectivity index (χ3v) is 2.72. The molecule has 6 heteroatoms. The first kappa shape index (κ1) is 10.8. The molecule has 0 fully saturated rings. The van der Waals surface area contributed by atoms with E-state index in [1.165, 1.54) is 6.07 Å². The van der Waals surface area contributed by atoms with Crippen molar-refractivity contribution in [3.8, 4) is 0 Å². The van der Waals surface area contributed by atoms with E-state index in [0.29, 0.717) is 18.0 Å². The number of oxazole rings is 1. The van der Waals surface area contributed by atoms with Gasteiger partial charge in [-0.2, -0.15) is 0 Å². The van der Waals surface area contributed by atoms with E-state index in [1.54, 1.807) is 22.9 Å². The third kappa shape index (κ3) is 1.62. The summed E-state index contributed by atoms with van der Waals surface area (Å²) in [6.07, 6.45) is 1.63. The fourth-order valence-corrected chi connectivity index (χ4v) is 1.91. The summed E-state index contributed by atoms with van der Waals surface area (Å²) in [5.41, 5.74) is 6.68. The fourth-order valence-electron chi connectivity index (χ4n) is 1.91. The first-order chi connectivity index (χ1) is 8.65. The maximum atomic E-state index is 13.6. The average Bonchev–Trinajstić information content (AvgIpc) is 2.87. The molecular weight excluding hydrogens is 235 g/mol. The molecule has 1 aromatic carbocycles. The highest BCUT2D eigenvalue weighted by atomic mass is 19.1. The lowest BCUT2D eigenvalue weighted by Gasteiger charge is -2.02. The number of fused-ring (bicyclic) bond motifs is 1. The second kappa shape index (κ2) is 3.83. The van der Waals surface area contributed by atoms with Gasteiger partial charge in [0.1, 0.15) is 17.8 Å². The van der Waals surface area contributed by atoms with Crippen LogP contribution in [0.25, 0.3) is 11.0 Å². The van der Waals surface area contributed by atoms with E-state index in [9.17, 15) is 4.39 Å². The minimum Gasteiger partial charge on any atom is -0.444 e. The quantitative estimate of drug-likeness (QED) is 0.751. The van der Waals surface area contributed by atoms with Gasteiger partial charge in [-0.3, -0.25) is 0 Å². The van der Waals surface area contributed by atoms with Crippen LogP contribution in [0.5, 0.6) is 0 Å². The van der Waals surface area contributed by atoms with Gasteiger partial charge in [-0.05, 0) is 19.1 Å². The van der Waals surface area contributed by atoms with Gasteiger partial charge in [-0.15, -0.1) is 0 Å². The first-order valence-electron chi connectivity index (χ1n) is 5.46. The van der Waals surface area contributed by atoms with Crippen molar-refractivity contribution in [2.45, 2.75) is 13.5 Å². The Morgan fingerprint density at radius 1 is 1.44 bits per heavy atom. The van der Waals surface area contributed by atoms with E-state index < -0.39 is 0 Å². The Bertz CT molecular complexity index is 716. The van der Waals surface area contributed by atoms with Crippen molar-refractivity contribution in [2.24, 2.45) is 0 Å².